The Hall–Kier alpha value is -1.02. The van der Waals surface area contributed by atoms with Crippen molar-refractivity contribution in [1.82, 2.24) is 13.9 Å². The predicted octanol–water partition coefficient (Wildman–Crippen LogP) is 1.99. The highest BCUT2D eigenvalue weighted by Gasteiger charge is 2.39. The molecule has 2 heterocycles. The number of hydrogen-bond donors (Lipinski definition) is 1. The Kier molecular flexibility index (Phi) is 5.24. The van der Waals surface area contributed by atoms with Crippen molar-refractivity contribution in [3.05, 3.63) is 35.6 Å². The molecule has 2 aliphatic heterocycles. The third kappa shape index (κ3) is 3.64. The van der Waals surface area contributed by atoms with E-state index in [1.807, 2.05) is 0 Å². The zero-order chi connectivity index (χ0) is 17.3. The molecule has 2 fully saturated rings. The van der Waals surface area contributed by atoms with Gasteiger partial charge in [0.1, 0.15) is 5.82 Å². The molecule has 2 saturated heterocycles. The topological polar surface area (TPSA) is 52.7 Å². The van der Waals surface area contributed by atoms with Crippen LogP contribution in [-0.2, 0) is 10.2 Å². The fourth-order valence-corrected chi connectivity index (χ4v) is 5.92. The van der Waals surface area contributed by atoms with Crippen molar-refractivity contribution in [3.8, 4) is 0 Å². The Labute approximate surface area is 144 Å². The second kappa shape index (κ2) is 7.07. The first-order valence-electron chi connectivity index (χ1n) is 8.61. The molecule has 0 saturated carbocycles. The van der Waals surface area contributed by atoms with E-state index in [0.29, 0.717) is 50.1 Å². The van der Waals surface area contributed by atoms with Gasteiger partial charge in [-0.25, -0.2) is 4.39 Å². The van der Waals surface area contributed by atoms with E-state index in [0.717, 1.165) is 6.42 Å². The molecule has 3 atom stereocenters. The number of halogens is 1. The molecular weight excluding hydrogens is 329 g/mol. The van der Waals surface area contributed by atoms with Crippen molar-refractivity contribution in [2.24, 2.45) is 11.8 Å². The number of nitrogens with one attached hydrogen (secondary N) is 1. The number of rotatable bonds is 3. The summed E-state index contributed by atoms with van der Waals surface area (Å²) < 4.78 is 43.2. The number of benzene rings is 1. The quantitative estimate of drug-likeness (QED) is 0.902. The van der Waals surface area contributed by atoms with Crippen molar-refractivity contribution in [3.63, 3.8) is 0 Å². The largest absolute Gasteiger partial charge is 0.313 e. The van der Waals surface area contributed by atoms with Crippen LogP contribution < -0.4 is 5.32 Å². The monoisotopic (exact) mass is 355 g/mol. The number of hydrogen-bond acceptors (Lipinski definition) is 3. The van der Waals surface area contributed by atoms with Crippen molar-refractivity contribution in [2.45, 2.75) is 26.3 Å². The molecule has 0 aromatic heterocycles. The summed E-state index contributed by atoms with van der Waals surface area (Å²) in [6.07, 6.45) is 1.06. The minimum Gasteiger partial charge on any atom is -0.313 e. The maximum absolute atomic E-state index is 13.6. The fraction of sp³-hybridized carbons (Fsp3) is 0.647. The van der Waals surface area contributed by atoms with Crippen LogP contribution in [0.4, 0.5) is 4.39 Å². The van der Waals surface area contributed by atoms with Crippen LogP contribution in [0.15, 0.2) is 24.3 Å². The Bertz CT molecular complexity index is 672. The zero-order valence-electron chi connectivity index (χ0n) is 14.3. The standard InChI is InChI=1S/C17H26FN3O2S/c1-13-8-14(2)12-20(11-13)24(22,23)21-7-6-19-10-17(21)15-4-3-5-16(18)9-15/h3-5,9,13-14,17,19H,6-8,10-12H2,1-2H3. The Balaban J connectivity index is 1.89. The van der Waals surface area contributed by atoms with Crippen LogP contribution in [-0.4, -0.2) is 49.8 Å². The van der Waals surface area contributed by atoms with Crippen LogP contribution in [0.3, 0.4) is 0 Å². The smallest absolute Gasteiger partial charge is 0.282 e. The molecular formula is C17H26FN3O2S. The SMILES string of the molecule is CC1CC(C)CN(S(=O)(=O)N2CCNCC2c2cccc(F)c2)C1. The molecule has 1 aromatic carbocycles. The van der Waals surface area contributed by atoms with Crippen LogP contribution in [0.25, 0.3) is 0 Å². The van der Waals surface area contributed by atoms with Gasteiger partial charge in [0, 0.05) is 32.7 Å². The third-order valence-corrected chi connectivity index (χ3v) is 6.87. The van der Waals surface area contributed by atoms with Gasteiger partial charge in [0.25, 0.3) is 10.2 Å². The van der Waals surface area contributed by atoms with Gasteiger partial charge in [0.05, 0.1) is 6.04 Å². The first-order valence-corrected chi connectivity index (χ1v) is 10.0. The van der Waals surface area contributed by atoms with Gasteiger partial charge in [-0.05, 0) is 36.0 Å². The molecule has 0 bridgehead atoms. The summed E-state index contributed by atoms with van der Waals surface area (Å²) >= 11 is 0. The van der Waals surface area contributed by atoms with Crippen LogP contribution in [0.2, 0.25) is 0 Å². The molecule has 0 amide bonds. The van der Waals surface area contributed by atoms with Gasteiger partial charge >= 0.3 is 0 Å². The molecule has 0 aliphatic carbocycles. The molecule has 1 aromatic rings. The molecule has 5 nitrogen and oxygen atoms in total. The number of piperidine rings is 1. The lowest BCUT2D eigenvalue weighted by Crippen LogP contribution is -2.55. The summed E-state index contributed by atoms with van der Waals surface area (Å²) in [7, 11) is -3.56. The molecule has 134 valence electrons. The van der Waals surface area contributed by atoms with Crippen LogP contribution in [0.5, 0.6) is 0 Å². The normalized spacial score (nSPS) is 30.4. The average Bonchev–Trinajstić information content (AvgIpc) is 2.54. The number of nitrogens with zero attached hydrogens (tertiary/aromatic N) is 2. The molecule has 2 aliphatic rings. The maximum Gasteiger partial charge on any atom is 0.282 e. The van der Waals surface area contributed by atoms with Gasteiger partial charge in [-0.2, -0.15) is 17.0 Å². The predicted molar refractivity (Wildman–Crippen MR) is 92.2 cm³/mol. The van der Waals surface area contributed by atoms with Crippen molar-refractivity contribution in [2.75, 3.05) is 32.7 Å². The summed E-state index contributed by atoms with van der Waals surface area (Å²) in [6, 6.07) is 5.88. The summed E-state index contributed by atoms with van der Waals surface area (Å²) in [5, 5.41) is 3.23. The summed E-state index contributed by atoms with van der Waals surface area (Å²) in [5.41, 5.74) is 0.698. The van der Waals surface area contributed by atoms with Crippen LogP contribution in [0, 0.1) is 17.7 Å². The van der Waals surface area contributed by atoms with E-state index in [1.54, 1.807) is 20.7 Å². The first kappa shape index (κ1) is 17.8. The van der Waals surface area contributed by atoms with Gasteiger partial charge in [-0.3, -0.25) is 0 Å². The fourth-order valence-electron chi connectivity index (χ4n) is 3.90. The molecule has 0 radical (unpaired) electrons. The van der Waals surface area contributed by atoms with E-state index >= 15 is 0 Å². The lowest BCUT2D eigenvalue weighted by molar-refractivity contribution is 0.190. The lowest BCUT2D eigenvalue weighted by Gasteiger charge is -2.41. The van der Waals surface area contributed by atoms with Crippen LogP contribution in [0.1, 0.15) is 31.9 Å². The summed E-state index contributed by atoms with van der Waals surface area (Å²) in [5.74, 6) is 0.383. The van der Waals surface area contributed by atoms with Gasteiger partial charge in [-0.1, -0.05) is 26.0 Å². The van der Waals surface area contributed by atoms with Crippen molar-refractivity contribution >= 4 is 10.2 Å². The highest BCUT2D eigenvalue weighted by atomic mass is 32.2. The maximum atomic E-state index is 13.6. The molecule has 3 rings (SSSR count). The second-order valence-electron chi connectivity index (χ2n) is 7.16. The molecule has 0 spiro atoms. The molecule has 24 heavy (non-hydrogen) atoms. The van der Waals surface area contributed by atoms with Crippen LogP contribution >= 0.6 is 0 Å². The van der Waals surface area contributed by atoms with Crippen molar-refractivity contribution in [1.29, 1.82) is 0 Å². The summed E-state index contributed by atoms with van der Waals surface area (Å²) in [4.78, 5) is 0. The number of piperazine rings is 1. The highest BCUT2D eigenvalue weighted by molar-refractivity contribution is 7.86. The van der Waals surface area contributed by atoms with Gasteiger partial charge < -0.3 is 5.32 Å². The van der Waals surface area contributed by atoms with Gasteiger partial charge in [0.2, 0.25) is 0 Å². The molecule has 1 N–H and O–H groups in total. The average molecular weight is 355 g/mol. The summed E-state index contributed by atoms with van der Waals surface area (Å²) in [6.45, 7) is 6.84. The van der Waals surface area contributed by atoms with E-state index in [2.05, 4.69) is 19.2 Å². The third-order valence-electron chi connectivity index (χ3n) is 4.89. The minimum atomic E-state index is -3.56. The first-order chi connectivity index (χ1) is 11.4. The van der Waals surface area contributed by atoms with E-state index in [4.69, 9.17) is 0 Å². The highest BCUT2D eigenvalue weighted by Crippen LogP contribution is 2.30. The Morgan fingerprint density at radius 2 is 1.92 bits per heavy atom. The Morgan fingerprint density at radius 3 is 2.58 bits per heavy atom. The minimum absolute atomic E-state index is 0.337. The lowest BCUT2D eigenvalue weighted by atomic mass is 9.94. The van der Waals surface area contributed by atoms with E-state index in [-0.39, 0.29) is 11.9 Å². The van der Waals surface area contributed by atoms with Gasteiger partial charge in [-0.15, -0.1) is 0 Å². The van der Waals surface area contributed by atoms with E-state index < -0.39 is 10.2 Å². The Morgan fingerprint density at radius 1 is 1.21 bits per heavy atom. The molecule has 7 heteroatoms. The molecule has 3 unspecified atom stereocenters. The van der Waals surface area contributed by atoms with Gasteiger partial charge in [0.15, 0.2) is 0 Å². The zero-order valence-corrected chi connectivity index (χ0v) is 15.1. The van der Waals surface area contributed by atoms with Crippen molar-refractivity contribution < 1.29 is 12.8 Å². The van der Waals surface area contributed by atoms with E-state index in [1.165, 1.54) is 12.1 Å². The second-order valence-corrected chi connectivity index (χ2v) is 9.04. The van der Waals surface area contributed by atoms with E-state index in [9.17, 15) is 12.8 Å².